The first-order chi connectivity index (χ1) is 12.8. The van der Waals surface area contributed by atoms with Gasteiger partial charge in [0.05, 0.1) is 15.6 Å². The maximum Gasteiger partial charge on any atom is 0.251 e. The summed E-state index contributed by atoms with van der Waals surface area (Å²) in [6.07, 6.45) is 5.30. The number of rotatable bonds is 7. The van der Waals surface area contributed by atoms with Crippen molar-refractivity contribution in [1.82, 2.24) is 15.0 Å². The second-order valence-electron chi connectivity index (χ2n) is 6.99. The van der Waals surface area contributed by atoms with Crippen LogP contribution in [-0.4, -0.2) is 31.9 Å². The zero-order chi connectivity index (χ0) is 19.4. The minimum absolute atomic E-state index is 0.0939. The molecule has 0 spiro atoms. The molecule has 2 N–H and O–H groups in total. The van der Waals surface area contributed by atoms with Crippen molar-refractivity contribution in [2.75, 3.05) is 6.54 Å². The van der Waals surface area contributed by atoms with Crippen LogP contribution in [0, 0.1) is 0 Å². The van der Waals surface area contributed by atoms with Crippen LogP contribution in [0.3, 0.4) is 0 Å². The lowest BCUT2D eigenvalue weighted by Crippen LogP contribution is -2.30. The number of nitrogens with zero attached hydrogens (tertiary/aromatic N) is 1. The molecule has 0 atom stereocenters. The molecule has 0 saturated heterocycles. The summed E-state index contributed by atoms with van der Waals surface area (Å²) >= 11 is 1.74. The van der Waals surface area contributed by atoms with Gasteiger partial charge in [-0.3, -0.25) is 4.79 Å². The minimum Gasteiger partial charge on any atom is -0.352 e. The third-order valence-electron chi connectivity index (χ3n) is 4.31. The molecular formula is C19H25N3O3S2. The van der Waals surface area contributed by atoms with Crippen LogP contribution in [-0.2, 0) is 29.3 Å². The van der Waals surface area contributed by atoms with E-state index in [2.05, 4.69) is 15.0 Å². The highest BCUT2D eigenvalue weighted by molar-refractivity contribution is 7.89. The Balaban J connectivity index is 1.59. The Hall–Kier alpha value is -1.77. The van der Waals surface area contributed by atoms with E-state index in [0.29, 0.717) is 18.5 Å². The molecule has 0 saturated carbocycles. The number of aromatic nitrogens is 1. The number of sulfonamides is 1. The SMILES string of the molecule is CC(C)NS(=O)(=O)c1cccc(C(=O)NCCc2nc3c(s2)CCCC3)c1. The Morgan fingerprint density at radius 1 is 1.26 bits per heavy atom. The van der Waals surface area contributed by atoms with Gasteiger partial charge in [-0.25, -0.2) is 18.1 Å². The maximum absolute atomic E-state index is 12.4. The van der Waals surface area contributed by atoms with Crippen molar-refractivity contribution in [3.63, 3.8) is 0 Å². The predicted molar refractivity (Wildman–Crippen MR) is 107 cm³/mol. The Labute approximate surface area is 164 Å². The van der Waals surface area contributed by atoms with Crippen LogP contribution >= 0.6 is 11.3 Å². The number of hydrogen-bond donors (Lipinski definition) is 2. The lowest BCUT2D eigenvalue weighted by atomic mass is 10.0. The van der Waals surface area contributed by atoms with Crippen molar-refractivity contribution >= 4 is 27.3 Å². The molecule has 0 radical (unpaired) electrons. The molecule has 0 aliphatic heterocycles. The van der Waals surface area contributed by atoms with E-state index in [1.165, 1.54) is 35.5 Å². The molecule has 1 aromatic carbocycles. The fourth-order valence-corrected chi connectivity index (χ4v) is 5.53. The zero-order valence-corrected chi connectivity index (χ0v) is 17.3. The fraction of sp³-hybridized carbons (Fsp3) is 0.474. The van der Waals surface area contributed by atoms with Crippen LogP contribution in [0.4, 0.5) is 0 Å². The van der Waals surface area contributed by atoms with E-state index >= 15 is 0 Å². The molecule has 1 amide bonds. The number of amides is 1. The van der Waals surface area contributed by atoms with Crippen LogP contribution < -0.4 is 10.0 Å². The third kappa shape index (κ3) is 5.15. The number of nitrogens with one attached hydrogen (secondary N) is 2. The second-order valence-corrected chi connectivity index (χ2v) is 9.88. The Morgan fingerprint density at radius 3 is 2.78 bits per heavy atom. The average molecular weight is 408 g/mol. The summed E-state index contributed by atoms with van der Waals surface area (Å²) in [5.41, 5.74) is 1.56. The van der Waals surface area contributed by atoms with Crippen molar-refractivity contribution in [3.05, 3.63) is 45.4 Å². The topological polar surface area (TPSA) is 88.2 Å². The first-order valence-electron chi connectivity index (χ1n) is 9.23. The fourth-order valence-electron chi connectivity index (χ4n) is 3.08. The van der Waals surface area contributed by atoms with Gasteiger partial charge >= 0.3 is 0 Å². The Bertz CT molecular complexity index is 897. The highest BCUT2D eigenvalue weighted by Gasteiger charge is 2.18. The molecule has 0 unspecified atom stereocenters. The summed E-state index contributed by atoms with van der Waals surface area (Å²) in [6, 6.07) is 5.88. The normalized spacial score (nSPS) is 14.2. The number of thiazole rings is 1. The van der Waals surface area contributed by atoms with Gasteiger partial charge in [-0.1, -0.05) is 6.07 Å². The van der Waals surface area contributed by atoms with E-state index in [1.807, 2.05) is 0 Å². The first-order valence-corrected chi connectivity index (χ1v) is 11.5. The molecule has 0 fully saturated rings. The maximum atomic E-state index is 12.4. The smallest absolute Gasteiger partial charge is 0.251 e. The van der Waals surface area contributed by atoms with Gasteiger partial charge in [-0.15, -0.1) is 11.3 Å². The summed E-state index contributed by atoms with van der Waals surface area (Å²) < 4.78 is 27.0. The van der Waals surface area contributed by atoms with Crippen molar-refractivity contribution in [1.29, 1.82) is 0 Å². The van der Waals surface area contributed by atoms with Crippen LogP contribution in [0.15, 0.2) is 29.2 Å². The number of benzene rings is 1. The standard InChI is InChI=1S/C19H25N3O3S2/c1-13(2)22-27(24,25)15-7-5-6-14(12-15)19(23)20-11-10-18-21-16-8-3-4-9-17(16)26-18/h5-7,12-13,22H,3-4,8-11H2,1-2H3,(H,20,23). The van der Waals surface area contributed by atoms with Gasteiger partial charge in [-0.2, -0.15) is 0 Å². The number of fused-ring (bicyclic) bond motifs is 1. The summed E-state index contributed by atoms with van der Waals surface area (Å²) in [4.78, 5) is 18.5. The summed E-state index contributed by atoms with van der Waals surface area (Å²) in [5.74, 6) is -0.280. The molecule has 0 bridgehead atoms. The molecule has 2 aromatic rings. The van der Waals surface area contributed by atoms with E-state index in [1.54, 1.807) is 37.3 Å². The van der Waals surface area contributed by atoms with Gasteiger partial charge in [0.25, 0.3) is 5.91 Å². The van der Waals surface area contributed by atoms with Gasteiger partial charge < -0.3 is 5.32 Å². The Kier molecular flexibility index (Phi) is 6.29. The predicted octanol–water partition coefficient (Wildman–Crippen LogP) is 2.68. The molecule has 3 rings (SSSR count). The lowest BCUT2D eigenvalue weighted by molar-refractivity contribution is 0.0954. The van der Waals surface area contributed by atoms with E-state index in [-0.39, 0.29) is 16.8 Å². The third-order valence-corrected chi connectivity index (χ3v) is 7.19. The molecule has 1 aliphatic rings. The van der Waals surface area contributed by atoms with Gasteiger partial charge in [0, 0.05) is 29.4 Å². The number of carbonyl (C=O) groups is 1. The number of aryl methyl sites for hydroxylation is 2. The van der Waals surface area contributed by atoms with Gasteiger partial charge in [0.2, 0.25) is 10.0 Å². The summed E-state index contributed by atoms with van der Waals surface area (Å²) in [6.45, 7) is 3.99. The Morgan fingerprint density at radius 2 is 2.04 bits per heavy atom. The van der Waals surface area contributed by atoms with Gasteiger partial charge in [0.15, 0.2) is 0 Å². The summed E-state index contributed by atoms with van der Waals surface area (Å²) in [5, 5.41) is 3.91. The van der Waals surface area contributed by atoms with E-state index < -0.39 is 10.0 Å². The molecular weight excluding hydrogens is 382 g/mol. The quantitative estimate of drug-likeness (QED) is 0.739. The molecule has 1 aliphatic carbocycles. The van der Waals surface area contributed by atoms with E-state index in [0.717, 1.165) is 17.8 Å². The zero-order valence-electron chi connectivity index (χ0n) is 15.6. The molecule has 1 aromatic heterocycles. The van der Waals surface area contributed by atoms with E-state index in [4.69, 9.17) is 0 Å². The highest BCUT2D eigenvalue weighted by atomic mass is 32.2. The van der Waals surface area contributed by atoms with Gasteiger partial charge in [-0.05, 0) is 57.7 Å². The second kappa shape index (κ2) is 8.50. The van der Waals surface area contributed by atoms with Gasteiger partial charge in [0.1, 0.15) is 0 Å². The van der Waals surface area contributed by atoms with Crippen molar-refractivity contribution < 1.29 is 13.2 Å². The largest absolute Gasteiger partial charge is 0.352 e. The van der Waals surface area contributed by atoms with Crippen molar-refractivity contribution in [2.45, 2.75) is 56.9 Å². The molecule has 27 heavy (non-hydrogen) atoms. The molecule has 146 valence electrons. The van der Waals surface area contributed by atoms with Crippen LogP contribution in [0.5, 0.6) is 0 Å². The molecule has 6 nitrogen and oxygen atoms in total. The van der Waals surface area contributed by atoms with Crippen LogP contribution in [0.2, 0.25) is 0 Å². The monoisotopic (exact) mass is 407 g/mol. The van der Waals surface area contributed by atoms with Crippen LogP contribution in [0.1, 0.15) is 52.6 Å². The molecule has 8 heteroatoms. The number of hydrogen-bond acceptors (Lipinski definition) is 5. The van der Waals surface area contributed by atoms with Crippen molar-refractivity contribution in [2.24, 2.45) is 0 Å². The first kappa shape index (κ1) is 20.0. The minimum atomic E-state index is -3.62. The van der Waals surface area contributed by atoms with Crippen LogP contribution in [0.25, 0.3) is 0 Å². The summed E-state index contributed by atoms with van der Waals surface area (Å²) in [7, 11) is -3.62. The van der Waals surface area contributed by atoms with E-state index in [9.17, 15) is 13.2 Å². The average Bonchev–Trinajstić information content (AvgIpc) is 3.03. The van der Waals surface area contributed by atoms with Crippen molar-refractivity contribution in [3.8, 4) is 0 Å². The lowest BCUT2D eigenvalue weighted by Gasteiger charge is -2.10. The highest BCUT2D eigenvalue weighted by Crippen LogP contribution is 2.26. The molecule has 1 heterocycles. The number of carbonyl (C=O) groups excluding carboxylic acids is 1.